The highest BCUT2D eigenvalue weighted by Crippen LogP contribution is 2.39. The molecule has 0 radical (unpaired) electrons. The number of amides is 1. The number of hydrogen-bond donors (Lipinski definition) is 1. The molecule has 1 aromatic rings. The molecule has 17 heavy (non-hydrogen) atoms. The van der Waals surface area contributed by atoms with E-state index in [1.54, 1.807) is 11.8 Å². The summed E-state index contributed by atoms with van der Waals surface area (Å²) < 4.78 is 0. The summed E-state index contributed by atoms with van der Waals surface area (Å²) in [5.74, 6) is 1.06. The van der Waals surface area contributed by atoms with Gasteiger partial charge in [-0.3, -0.25) is 4.79 Å². The first-order chi connectivity index (χ1) is 8.18. The summed E-state index contributed by atoms with van der Waals surface area (Å²) >= 11 is 5.25. The van der Waals surface area contributed by atoms with Crippen LogP contribution >= 0.6 is 27.7 Å². The van der Waals surface area contributed by atoms with Crippen molar-refractivity contribution in [2.75, 3.05) is 12.3 Å². The predicted octanol–water partition coefficient (Wildman–Crippen LogP) is 3.17. The molecule has 2 nitrogen and oxygen atoms in total. The van der Waals surface area contributed by atoms with Crippen molar-refractivity contribution in [2.45, 2.75) is 29.0 Å². The molecule has 0 bridgehead atoms. The number of thioether (sulfide) groups is 1. The van der Waals surface area contributed by atoms with Crippen molar-refractivity contribution in [1.29, 1.82) is 0 Å². The molecule has 0 saturated heterocycles. The average molecular weight is 314 g/mol. The average Bonchev–Trinajstić information content (AvgIpc) is 2.72. The molecular weight excluding hydrogens is 298 g/mol. The lowest BCUT2D eigenvalue weighted by Crippen LogP contribution is -2.31. The van der Waals surface area contributed by atoms with E-state index < -0.39 is 0 Å². The first kappa shape index (κ1) is 13.0. The van der Waals surface area contributed by atoms with Crippen molar-refractivity contribution in [3.63, 3.8) is 0 Å². The Labute approximate surface area is 115 Å². The first-order valence-corrected chi connectivity index (χ1v) is 7.72. The molecule has 92 valence electrons. The van der Waals surface area contributed by atoms with Gasteiger partial charge in [-0.15, -0.1) is 11.8 Å². The number of hydrogen-bond acceptors (Lipinski definition) is 2. The van der Waals surface area contributed by atoms with Crippen LogP contribution in [-0.4, -0.2) is 23.0 Å². The largest absolute Gasteiger partial charge is 0.356 e. The smallest absolute Gasteiger partial charge is 0.228 e. The Hall–Kier alpha value is -0.480. The number of carbonyl (C=O) groups is 1. The molecule has 1 aromatic carbocycles. The number of carbonyl (C=O) groups excluding carboxylic acids is 1. The maximum atomic E-state index is 12.0. The number of rotatable bonds is 4. The minimum absolute atomic E-state index is 0.0295. The van der Waals surface area contributed by atoms with Gasteiger partial charge in [0.05, 0.1) is 5.92 Å². The van der Waals surface area contributed by atoms with Crippen LogP contribution in [0.25, 0.3) is 0 Å². The quantitative estimate of drug-likeness (QED) is 0.865. The molecule has 1 aliphatic rings. The minimum Gasteiger partial charge on any atom is -0.356 e. The fourth-order valence-electron chi connectivity index (χ4n) is 1.90. The van der Waals surface area contributed by atoms with E-state index in [0.29, 0.717) is 4.83 Å². The number of benzene rings is 1. The van der Waals surface area contributed by atoms with Gasteiger partial charge in [-0.2, -0.15) is 0 Å². The van der Waals surface area contributed by atoms with Gasteiger partial charge in [0.1, 0.15) is 0 Å². The lowest BCUT2D eigenvalue weighted by molar-refractivity contribution is -0.122. The molecule has 0 aliphatic carbocycles. The highest BCUT2D eigenvalue weighted by molar-refractivity contribution is 9.09. The molecule has 0 spiro atoms. The molecule has 2 atom stereocenters. The molecule has 1 N–H and O–H groups in total. The van der Waals surface area contributed by atoms with Crippen LogP contribution in [-0.2, 0) is 4.79 Å². The van der Waals surface area contributed by atoms with Crippen LogP contribution in [0.4, 0.5) is 0 Å². The summed E-state index contributed by atoms with van der Waals surface area (Å²) in [6.45, 7) is 2.83. The molecule has 0 saturated carbocycles. The minimum atomic E-state index is 0.0295. The summed E-state index contributed by atoms with van der Waals surface area (Å²) in [7, 11) is 0. The van der Waals surface area contributed by atoms with Crippen LogP contribution < -0.4 is 5.32 Å². The molecule has 4 heteroatoms. The van der Waals surface area contributed by atoms with Crippen LogP contribution in [0.1, 0.15) is 24.8 Å². The Balaban J connectivity index is 1.93. The third-order valence-corrected chi connectivity index (χ3v) is 4.50. The van der Waals surface area contributed by atoms with E-state index in [1.165, 1.54) is 10.5 Å². The van der Waals surface area contributed by atoms with Gasteiger partial charge in [-0.1, -0.05) is 41.1 Å². The van der Waals surface area contributed by atoms with Gasteiger partial charge >= 0.3 is 0 Å². The van der Waals surface area contributed by atoms with Crippen LogP contribution in [0, 0.1) is 0 Å². The van der Waals surface area contributed by atoms with Gasteiger partial charge in [0, 0.05) is 22.0 Å². The van der Waals surface area contributed by atoms with Crippen LogP contribution in [0.15, 0.2) is 29.2 Å². The summed E-state index contributed by atoms with van der Waals surface area (Å²) in [6.07, 6.45) is 0.966. The lowest BCUT2D eigenvalue weighted by atomic mass is 10.0. The van der Waals surface area contributed by atoms with Crippen molar-refractivity contribution in [1.82, 2.24) is 5.32 Å². The van der Waals surface area contributed by atoms with Crippen molar-refractivity contribution in [3.8, 4) is 0 Å². The van der Waals surface area contributed by atoms with E-state index in [9.17, 15) is 4.79 Å². The van der Waals surface area contributed by atoms with Gasteiger partial charge in [-0.05, 0) is 18.1 Å². The van der Waals surface area contributed by atoms with Gasteiger partial charge in [0.25, 0.3) is 0 Å². The van der Waals surface area contributed by atoms with Crippen LogP contribution in [0.5, 0.6) is 0 Å². The van der Waals surface area contributed by atoms with E-state index in [2.05, 4.69) is 40.3 Å². The topological polar surface area (TPSA) is 29.1 Å². The van der Waals surface area contributed by atoms with Gasteiger partial charge < -0.3 is 5.32 Å². The SMILES string of the molecule is CC(Br)CCNC(=O)C1CSc2ccccc21. The summed E-state index contributed by atoms with van der Waals surface area (Å²) in [5.41, 5.74) is 1.18. The fraction of sp³-hybridized carbons (Fsp3) is 0.462. The Kier molecular flexibility index (Phi) is 4.51. The van der Waals surface area contributed by atoms with Crippen molar-refractivity contribution < 1.29 is 4.79 Å². The number of fused-ring (bicyclic) bond motifs is 1. The van der Waals surface area contributed by atoms with E-state index in [4.69, 9.17) is 0 Å². The third kappa shape index (κ3) is 3.26. The second kappa shape index (κ2) is 5.91. The Morgan fingerprint density at radius 3 is 3.12 bits per heavy atom. The molecule has 1 amide bonds. The second-order valence-electron chi connectivity index (χ2n) is 4.26. The number of halogens is 1. The first-order valence-electron chi connectivity index (χ1n) is 5.82. The molecule has 2 rings (SSSR count). The highest BCUT2D eigenvalue weighted by Gasteiger charge is 2.28. The lowest BCUT2D eigenvalue weighted by Gasteiger charge is -2.12. The molecule has 1 aliphatic heterocycles. The Bertz CT molecular complexity index is 408. The molecule has 2 unspecified atom stereocenters. The van der Waals surface area contributed by atoms with Crippen LogP contribution in [0.3, 0.4) is 0 Å². The zero-order chi connectivity index (χ0) is 12.3. The maximum absolute atomic E-state index is 12.0. The second-order valence-corrected chi connectivity index (χ2v) is 6.89. The van der Waals surface area contributed by atoms with Crippen molar-refractivity contribution in [3.05, 3.63) is 29.8 Å². The number of alkyl halides is 1. The maximum Gasteiger partial charge on any atom is 0.228 e. The third-order valence-electron chi connectivity index (χ3n) is 2.86. The molecule has 0 fully saturated rings. The van der Waals surface area contributed by atoms with E-state index in [0.717, 1.165) is 18.7 Å². The van der Waals surface area contributed by atoms with E-state index >= 15 is 0 Å². The Morgan fingerprint density at radius 1 is 1.59 bits per heavy atom. The predicted molar refractivity (Wildman–Crippen MR) is 75.9 cm³/mol. The van der Waals surface area contributed by atoms with Gasteiger partial charge in [0.15, 0.2) is 0 Å². The zero-order valence-electron chi connectivity index (χ0n) is 9.78. The normalized spacial score (nSPS) is 19.8. The van der Waals surface area contributed by atoms with Gasteiger partial charge in [0.2, 0.25) is 5.91 Å². The molecule has 0 aromatic heterocycles. The standard InChI is InChI=1S/C13H16BrNOS/c1-9(14)6-7-15-13(16)11-8-17-12-5-3-2-4-10(11)12/h2-5,9,11H,6-8H2,1H3,(H,15,16). The fourth-order valence-corrected chi connectivity index (χ4v) is 3.35. The Morgan fingerprint density at radius 2 is 2.35 bits per heavy atom. The molecular formula is C13H16BrNOS. The zero-order valence-corrected chi connectivity index (χ0v) is 12.2. The molecule has 1 heterocycles. The van der Waals surface area contributed by atoms with Gasteiger partial charge in [-0.25, -0.2) is 0 Å². The monoisotopic (exact) mass is 313 g/mol. The summed E-state index contributed by atoms with van der Waals surface area (Å²) in [4.78, 5) is 13.8. The summed E-state index contributed by atoms with van der Waals surface area (Å²) in [6, 6.07) is 8.19. The van der Waals surface area contributed by atoms with Crippen molar-refractivity contribution in [2.24, 2.45) is 0 Å². The van der Waals surface area contributed by atoms with E-state index in [1.807, 2.05) is 12.1 Å². The van der Waals surface area contributed by atoms with Crippen molar-refractivity contribution >= 4 is 33.6 Å². The van der Waals surface area contributed by atoms with Crippen LogP contribution in [0.2, 0.25) is 0 Å². The van der Waals surface area contributed by atoms with E-state index in [-0.39, 0.29) is 11.8 Å². The number of nitrogens with one attached hydrogen (secondary N) is 1. The summed E-state index contributed by atoms with van der Waals surface area (Å²) in [5, 5.41) is 3.01. The highest BCUT2D eigenvalue weighted by atomic mass is 79.9.